The molecular formula is C14H16BCl2FO2. The Labute approximate surface area is 129 Å². The van der Waals surface area contributed by atoms with Crippen LogP contribution < -0.4 is 0 Å². The van der Waals surface area contributed by atoms with Gasteiger partial charge in [-0.3, -0.25) is 0 Å². The van der Waals surface area contributed by atoms with E-state index in [1.165, 1.54) is 6.08 Å². The SMILES string of the molecule is CC1(C)OB(C(F)=Cc2cc(Cl)ccc2Cl)OC1(C)C. The Balaban J connectivity index is 2.27. The van der Waals surface area contributed by atoms with E-state index in [0.717, 1.165) is 0 Å². The second kappa shape index (κ2) is 5.34. The van der Waals surface area contributed by atoms with Gasteiger partial charge in [0.1, 0.15) is 5.73 Å². The number of benzene rings is 1. The lowest BCUT2D eigenvalue weighted by Gasteiger charge is -2.32. The number of rotatable bonds is 2. The quantitative estimate of drug-likeness (QED) is 0.720. The van der Waals surface area contributed by atoms with Gasteiger partial charge in [-0.25, -0.2) is 4.39 Å². The highest BCUT2D eigenvalue weighted by Gasteiger charge is 2.53. The molecule has 6 heteroatoms. The zero-order valence-corrected chi connectivity index (χ0v) is 13.3. The van der Waals surface area contributed by atoms with Crippen molar-refractivity contribution in [2.75, 3.05) is 0 Å². The van der Waals surface area contributed by atoms with Crippen molar-refractivity contribution < 1.29 is 13.7 Å². The molecule has 2 nitrogen and oxygen atoms in total. The molecule has 0 unspecified atom stereocenters. The Bertz CT molecular complexity index is 542. The Kier molecular flexibility index (Phi) is 4.23. The van der Waals surface area contributed by atoms with E-state index >= 15 is 0 Å². The molecule has 20 heavy (non-hydrogen) atoms. The Morgan fingerprint density at radius 1 is 1.15 bits per heavy atom. The molecule has 0 saturated carbocycles. The lowest BCUT2D eigenvalue weighted by atomic mass is 9.87. The smallest absolute Gasteiger partial charge is 0.398 e. The Morgan fingerprint density at radius 3 is 2.25 bits per heavy atom. The van der Waals surface area contributed by atoms with Crippen molar-refractivity contribution in [2.24, 2.45) is 0 Å². The van der Waals surface area contributed by atoms with Crippen LogP contribution in [0.2, 0.25) is 10.0 Å². The first-order valence-corrected chi connectivity index (χ1v) is 7.06. The van der Waals surface area contributed by atoms with E-state index in [9.17, 15) is 4.39 Å². The minimum atomic E-state index is -1.03. The van der Waals surface area contributed by atoms with Gasteiger partial charge >= 0.3 is 7.12 Å². The lowest BCUT2D eigenvalue weighted by molar-refractivity contribution is 0.00578. The average Bonchev–Trinajstić information content (AvgIpc) is 2.53. The summed E-state index contributed by atoms with van der Waals surface area (Å²) in [4.78, 5) is 0. The van der Waals surface area contributed by atoms with Gasteiger partial charge in [-0.15, -0.1) is 0 Å². The maximum atomic E-state index is 14.3. The van der Waals surface area contributed by atoms with Gasteiger partial charge in [0.15, 0.2) is 0 Å². The minimum Gasteiger partial charge on any atom is -0.398 e. The summed E-state index contributed by atoms with van der Waals surface area (Å²) in [6.45, 7) is 7.47. The van der Waals surface area contributed by atoms with Gasteiger partial charge < -0.3 is 9.31 Å². The van der Waals surface area contributed by atoms with Crippen molar-refractivity contribution in [2.45, 2.75) is 38.9 Å². The van der Waals surface area contributed by atoms with Crippen LogP contribution in [0.25, 0.3) is 6.08 Å². The van der Waals surface area contributed by atoms with Crippen molar-refractivity contribution >= 4 is 36.4 Å². The van der Waals surface area contributed by atoms with Gasteiger partial charge in [0.25, 0.3) is 0 Å². The summed E-state index contributed by atoms with van der Waals surface area (Å²) < 4.78 is 25.6. The topological polar surface area (TPSA) is 18.5 Å². The predicted molar refractivity (Wildman–Crippen MR) is 81.6 cm³/mol. The van der Waals surface area contributed by atoms with Gasteiger partial charge in [-0.1, -0.05) is 23.2 Å². The van der Waals surface area contributed by atoms with Crippen LogP contribution in [-0.4, -0.2) is 18.3 Å². The second-order valence-electron chi connectivity index (χ2n) is 5.78. The lowest BCUT2D eigenvalue weighted by Crippen LogP contribution is -2.41. The third-order valence-corrected chi connectivity index (χ3v) is 4.31. The minimum absolute atomic E-state index is 0.418. The fraction of sp³-hybridized carbons (Fsp3) is 0.429. The van der Waals surface area contributed by atoms with Crippen molar-refractivity contribution in [1.82, 2.24) is 0 Å². The molecule has 108 valence electrons. The predicted octanol–water partition coefficient (Wildman–Crippen LogP) is 4.94. The Hall–Kier alpha value is -0.545. The molecule has 1 saturated heterocycles. The highest BCUT2D eigenvalue weighted by atomic mass is 35.5. The van der Waals surface area contributed by atoms with Crippen LogP contribution in [0.5, 0.6) is 0 Å². The zero-order chi connectivity index (χ0) is 15.1. The molecule has 0 N–H and O–H groups in total. The fourth-order valence-electron chi connectivity index (χ4n) is 1.80. The van der Waals surface area contributed by atoms with Gasteiger partial charge in [-0.05, 0) is 57.5 Å². The number of hydrogen-bond donors (Lipinski definition) is 0. The molecule has 0 radical (unpaired) electrons. The molecule has 1 aromatic carbocycles. The van der Waals surface area contributed by atoms with Gasteiger partial charge in [-0.2, -0.15) is 0 Å². The van der Waals surface area contributed by atoms with E-state index in [-0.39, 0.29) is 0 Å². The summed E-state index contributed by atoms with van der Waals surface area (Å²) in [5, 5.41) is 0.906. The molecule has 1 heterocycles. The van der Waals surface area contributed by atoms with Crippen LogP contribution in [-0.2, 0) is 9.31 Å². The number of halogens is 3. The molecule has 1 aromatic rings. The summed E-state index contributed by atoms with van der Waals surface area (Å²) in [6, 6.07) is 4.86. The first-order chi connectivity index (χ1) is 9.12. The first-order valence-electron chi connectivity index (χ1n) is 6.30. The molecule has 0 amide bonds. The van der Waals surface area contributed by atoms with Crippen LogP contribution in [0.1, 0.15) is 33.3 Å². The summed E-state index contributed by atoms with van der Waals surface area (Å²) in [5.74, 6) is 0. The monoisotopic (exact) mass is 316 g/mol. The second-order valence-corrected chi connectivity index (χ2v) is 6.63. The van der Waals surface area contributed by atoms with E-state index < -0.39 is 24.0 Å². The van der Waals surface area contributed by atoms with Crippen LogP contribution in [0, 0.1) is 0 Å². The highest BCUT2D eigenvalue weighted by Crippen LogP contribution is 2.39. The molecule has 0 atom stereocenters. The average molecular weight is 317 g/mol. The van der Waals surface area contributed by atoms with Crippen LogP contribution in [0.4, 0.5) is 4.39 Å². The summed E-state index contributed by atoms with van der Waals surface area (Å²) >= 11 is 11.9. The van der Waals surface area contributed by atoms with Crippen molar-refractivity contribution in [1.29, 1.82) is 0 Å². The van der Waals surface area contributed by atoms with Gasteiger partial charge in [0.2, 0.25) is 0 Å². The standard InChI is InChI=1S/C14H16BCl2FO2/c1-13(2)14(3,4)20-15(19-13)12(18)8-9-7-10(16)5-6-11(9)17/h5-8H,1-4H3. The zero-order valence-electron chi connectivity index (χ0n) is 11.8. The molecule has 0 aromatic heterocycles. The van der Waals surface area contributed by atoms with Crippen LogP contribution in [0.15, 0.2) is 23.9 Å². The van der Waals surface area contributed by atoms with Crippen molar-refractivity contribution in [3.63, 3.8) is 0 Å². The Morgan fingerprint density at radius 2 is 1.70 bits per heavy atom. The van der Waals surface area contributed by atoms with Crippen LogP contribution >= 0.6 is 23.2 Å². The third-order valence-electron chi connectivity index (χ3n) is 3.73. The van der Waals surface area contributed by atoms with Crippen molar-refractivity contribution in [3.05, 3.63) is 39.5 Å². The summed E-state index contributed by atoms with van der Waals surface area (Å²) in [5.41, 5.74) is -1.21. The van der Waals surface area contributed by atoms with Crippen molar-refractivity contribution in [3.8, 4) is 0 Å². The highest BCUT2D eigenvalue weighted by molar-refractivity contribution is 6.54. The van der Waals surface area contributed by atoms with E-state index in [2.05, 4.69) is 0 Å². The first kappa shape index (κ1) is 15.8. The maximum absolute atomic E-state index is 14.3. The van der Waals surface area contributed by atoms with E-state index in [1.807, 2.05) is 27.7 Å². The molecule has 0 bridgehead atoms. The van der Waals surface area contributed by atoms with E-state index in [1.54, 1.807) is 18.2 Å². The fourth-order valence-corrected chi connectivity index (χ4v) is 2.15. The molecule has 1 aliphatic heterocycles. The molecular weight excluding hydrogens is 301 g/mol. The van der Waals surface area contributed by atoms with Gasteiger partial charge in [0.05, 0.1) is 11.2 Å². The van der Waals surface area contributed by atoms with E-state index in [4.69, 9.17) is 32.5 Å². The largest absolute Gasteiger partial charge is 0.525 e. The molecule has 0 spiro atoms. The summed E-state index contributed by atoms with van der Waals surface area (Å²) in [6.07, 6.45) is 1.29. The van der Waals surface area contributed by atoms with Gasteiger partial charge in [0, 0.05) is 10.0 Å². The molecule has 0 aliphatic carbocycles. The molecule has 2 rings (SSSR count). The normalized spacial score (nSPS) is 21.4. The van der Waals surface area contributed by atoms with Crippen LogP contribution in [0.3, 0.4) is 0 Å². The molecule has 1 fully saturated rings. The maximum Gasteiger partial charge on any atom is 0.525 e. The third kappa shape index (κ3) is 3.04. The molecule has 1 aliphatic rings. The summed E-state index contributed by atoms with van der Waals surface area (Å²) in [7, 11) is -1.03. The van der Waals surface area contributed by atoms with E-state index in [0.29, 0.717) is 15.6 Å². The number of hydrogen-bond acceptors (Lipinski definition) is 2.